The first kappa shape index (κ1) is 39.4. The molecule has 0 aromatic rings. The van der Waals surface area contributed by atoms with Crippen LogP contribution in [-0.4, -0.2) is 58.9 Å². The van der Waals surface area contributed by atoms with Crippen LogP contribution in [0.15, 0.2) is 0 Å². The predicted molar refractivity (Wildman–Crippen MR) is 178 cm³/mol. The normalized spacial score (nSPS) is 12.2. The van der Waals surface area contributed by atoms with Crippen molar-refractivity contribution in [3.05, 3.63) is 0 Å². The first-order valence-corrected chi connectivity index (χ1v) is 20.0. The van der Waals surface area contributed by atoms with Gasteiger partial charge in [0.15, 0.2) is 0 Å². The Morgan fingerprint density at radius 3 is 1.23 bits per heavy atom. The van der Waals surface area contributed by atoms with Crippen LogP contribution in [0.4, 0.5) is 0 Å². The summed E-state index contributed by atoms with van der Waals surface area (Å²) in [6, 6.07) is 0.897. The SMILES string of the molecule is CCCCCCCCCCO[Si](CCCS)(OCCCCCCCCCC)OCCN(CCCC)CCCC. The van der Waals surface area contributed by atoms with E-state index in [1.807, 2.05) is 0 Å². The van der Waals surface area contributed by atoms with Gasteiger partial charge in [0.05, 0.1) is 6.61 Å². The van der Waals surface area contributed by atoms with Crippen LogP contribution in [0.1, 0.15) is 163 Å². The number of hydrogen-bond donors (Lipinski definition) is 1. The number of nitrogens with zero attached hydrogens (tertiary/aromatic N) is 1. The fraction of sp³-hybridized carbons (Fsp3) is 1.00. The molecule has 4 nitrogen and oxygen atoms in total. The van der Waals surface area contributed by atoms with Crippen molar-refractivity contribution >= 4 is 21.4 Å². The van der Waals surface area contributed by atoms with Gasteiger partial charge in [-0.25, -0.2) is 0 Å². The number of thiol groups is 1. The third kappa shape index (κ3) is 25.8. The lowest BCUT2D eigenvalue weighted by molar-refractivity contribution is 0.0486. The van der Waals surface area contributed by atoms with Gasteiger partial charge in [0.2, 0.25) is 0 Å². The lowest BCUT2D eigenvalue weighted by atomic mass is 10.1. The third-order valence-electron chi connectivity index (χ3n) is 7.67. The molecule has 236 valence electrons. The highest BCUT2D eigenvalue weighted by molar-refractivity contribution is 7.80. The molecule has 0 unspecified atom stereocenters. The van der Waals surface area contributed by atoms with Gasteiger partial charge in [-0.05, 0) is 50.9 Å². The van der Waals surface area contributed by atoms with E-state index in [9.17, 15) is 0 Å². The van der Waals surface area contributed by atoms with Crippen LogP contribution in [0.2, 0.25) is 6.04 Å². The van der Waals surface area contributed by atoms with Crippen LogP contribution in [-0.2, 0) is 13.3 Å². The van der Waals surface area contributed by atoms with Gasteiger partial charge >= 0.3 is 8.80 Å². The van der Waals surface area contributed by atoms with Crippen molar-refractivity contribution in [2.75, 3.05) is 45.2 Å². The minimum absolute atomic E-state index is 0.723. The van der Waals surface area contributed by atoms with Crippen molar-refractivity contribution < 1.29 is 13.3 Å². The van der Waals surface area contributed by atoms with Crippen LogP contribution >= 0.6 is 12.6 Å². The molecule has 0 aliphatic carbocycles. The van der Waals surface area contributed by atoms with Gasteiger partial charge < -0.3 is 18.2 Å². The highest BCUT2D eigenvalue weighted by Crippen LogP contribution is 2.21. The highest BCUT2D eigenvalue weighted by atomic mass is 32.1. The van der Waals surface area contributed by atoms with E-state index in [2.05, 4.69) is 45.2 Å². The van der Waals surface area contributed by atoms with E-state index < -0.39 is 8.80 Å². The molecule has 0 saturated heterocycles. The maximum absolute atomic E-state index is 6.69. The molecule has 0 amide bonds. The second-order valence-electron chi connectivity index (χ2n) is 11.6. The highest BCUT2D eigenvalue weighted by Gasteiger charge is 2.40. The molecule has 0 spiro atoms. The Labute approximate surface area is 252 Å². The summed E-state index contributed by atoms with van der Waals surface area (Å²) in [6.45, 7) is 14.7. The van der Waals surface area contributed by atoms with E-state index in [0.717, 1.165) is 57.4 Å². The first-order valence-electron chi connectivity index (χ1n) is 17.4. The molecule has 6 heteroatoms. The van der Waals surface area contributed by atoms with Crippen molar-refractivity contribution in [2.24, 2.45) is 0 Å². The average Bonchev–Trinajstić information content (AvgIpc) is 2.95. The van der Waals surface area contributed by atoms with Crippen molar-refractivity contribution in [2.45, 2.75) is 169 Å². The van der Waals surface area contributed by atoms with Crippen LogP contribution in [0.5, 0.6) is 0 Å². The zero-order chi connectivity index (χ0) is 28.7. The summed E-state index contributed by atoms with van der Waals surface area (Å²) in [6.07, 6.45) is 27.1. The molecule has 0 saturated carbocycles. The molecule has 0 aliphatic heterocycles. The monoisotopic (exact) mass is 589 g/mol. The third-order valence-corrected chi connectivity index (χ3v) is 10.9. The molecule has 0 radical (unpaired) electrons. The Bertz CT molecular complexity index is 442. The van der Waals surface area contributed by atoms with Gasteiger partial charge in [0.25, 0.3) is 0 Å². The van der Waals surface area contributed by atoms with Crippen molar-refractivity contribution in [3.63, 3.8) is 0 Å². The fourth-order valence-electron chi connectivity index (χ4n) is 4.99. The maximum atomic E-state index is 6.69. The van der Waals surface area contributed by atoms with E-state index in [1.165, 1.54) is 129 Å². The van der Waals surface area contributed by atoms with Gasteiger partial charge in [-0.15, -0.1) is 0 Å². The summed E-state index contributed by atoms with van der Waals surface area (Å²) < 4.78 is 20.0. The maximum Gasteiger partial charge on any atom is 0.501 e. The molecule has 0 aliphatic rings. The standard InChI is InChI=1S/C33H71NO3SSi/c1-5-9-13-15-17-19-21-23-29-35-39(33-25-32-38,36-30-24-22-20-18-16-14-10-6-2)37-31-28-34(26-11-7-3)27-12-8-4/h38H,5-33H2,1-4H3. The van der Waals surface area contributed by atoms with Crippen molar-refractivity contribution in [1.82, 2.24) is 4.90 Å². The van der Waals surface area contributed by atoms with Gasteiger partial charge in [-0.3, -0.25) is 0 Å². The van der Waals surface area contributed by atoms with Crippen LogP contribution < -0.4 is 0 Å². The Kier molecular flexibility index (Phi) is 31.7. The Balaban J connectivity index is 4.82. The van der Waals surface area contributed by atoms with E-state index in [-0.39, 0.29) is 0 Å². The summed E-state index contributed by atoms with van der Waals surface area (Å²) in [5.74, 6) is 0.861. The molecular formula is C33H71NO3SSi. The summed E-state index contributed by atoms with van der Waals surface area (Å²) in [4.78, 5) is 2.59. The van der Waals surface area contributed by atoms with Crippen molar-refractivity contribution in [1.29, 1.82) is 0 Å². The minimum atomic E-state index is -2.69. The lowest BCUT2D eigenvalue weighted by Gasteiger charge is -2.31. The molecule has 0 aromatic heterocycles. The van der Waals surface area contributed by atoms with E-state index in [4.69, 9.17) is 13.3 Å². The Hall–Kier alpha value is 0.407. The summed E-state index contributed by atoms with van der Waals surface area (Å²) in [5, 5.41) is 0. The average molecular weight is 590 g/mol. The lowest BCUT2D eigenvalue weighted by Crippen LogP contribution is -2.48. The van der Waals surface area contributed by atoms with Crippen molar-refractivity contribution in [3.8, 4) is 0 Å². The van der Waals surface area contributed by atoms with E-state index in [1.54, 1.807) is 0 Å². The van der Waals surface area contributed by atoms with Gasteiger partial charge in [0, 0.05) is 25.8 Å². The summed E-state index contributed by atoms with van der Waals surface area (Å²) >= 11 is 4.52. The summed E-state index contributed by atoms with van der Waals surface area (Å²) in [7, 11) is -2.69. The smallest absolute Gasteiger partial charge is 0.373 e. The second-order valence-corrected chi connectivity index (χ2v) is 14.7. The van der Waals surface area contributed by atoms with Crippen LogP contribution in [0, 0.1) is 0 Å². The second kappa shape index (κ2) is 31.3. The molecule has 0 rings (SSSR count). The molecule has 0 heterocycles. The number of unbranched alkanes of at least 4 members (excludes halogenated alkanes) is 16. The first-order chi connectivity index (χ1) is 19.2. The number of rotatable bonds is 33. The topological polar surface area (TPSA) is 30.9 Å². The summed E-state index contributed by atoms with van der Waals surface area (Å²) in [5.41, 5.74) is 0. The molecule has 0 N–H and O–H groups in total. The predicted octanol–water partition coefficient (Wildman–Crippen LogP) is 10.5. The molecule has 0 fully saturated rings. The largest absolute Gasteiger partial charge is 0.501 e. The van der Waals surface area contributed by atoms with Gasteiger partial charge in [-0.2, -0.15) is 12.6 Å². The van der Waals surface area contributed by atoms with Gasteiger partial charge in [0.1, 0.15) is 0 Å². The quantitative estimate of drug-likeness (QED) is 0.0468. The minimum Gasteiger partial charge on any atom is -0.373 e. The fourth-order valence-corrected chi connectivity index (χ4v) is 8.05. The molecule has 0 bridgehead atoms. The Morgan fingerprint density at radius 1 is 0.436 bits per heavy atom. The van der Waals surface area contributed by atoms with E-state index >= 15 is 0 Å². The van der Waals surface area contributed by atoms with Gasteiger partial charge in [-0.1, -0.05) is 130 Å². The zero-order valence-electron chi connectivity index (χ0n) is 27.1. The molecule has 0 atom stereocenters. The molecule has 0 aromatic carbocycles. The number of hydrogen-bond acceptors (Lipinski definition) is 5. The molecule has 39 heavy (non-hydrogen) atoms. The zero-order valence-corrected chi connectivity index (χ0v) is 29.0. The van der Waals surface area contributed by atoms with E-state index in [0.29, 0.717) is 0 Å². The van der Waals surface area contributed by atoms with Crippen LogP contribution in [0.25, 0.3) is 0 Å². The Morgan fingerprint density at radius 2 is 0.821 bits per heavy atom. The van der Waals surface area contributed by atoms with Crippen LogP contribution in [0.3, 0.4) is 0 Å². The molecular weight excluding hydrogens is 519 g/mol.